The third-order valence-corrected chi connectivity index (χ3v) is 9.09. The molecule has 204 valence electrons. The summed E-state index contributed by atoms with van der Waals surface area (Å²) in [6, 6.07) is 5.59. The van der Waals surface area contributed by atoms with Gasteiger partial charge in [0.05, 0.1) is 24.3 Å². The van der Waals surface area contributed by atoms with Crippen molar-refractivity contribution in [2.45, 2.75) is 56.3 Å². The molecule has 2 fully saturated rings. The summed E-state index contributed by atoms with van der Waals surface area (Å²) in [6.45, 7) is 2.31. The lowest BCUT2D eigenvalue weighted by Crippen LogP contribution is -2.58. The maximum Gasteiger partial charge on any atom is 0.258 e. The third-order valence-electron chi connectivity index (χ3n) is 7.36. The number of halogens is 4. The molecule has 0 saturated carbocycles. The molecule has 3 heterocycles. The zero-order valence-electron chi connectivity index (χ0n) is 20.7. The highest BCUT2D eigenvalue weighted by Crippen LogP contribution is 2.40. The molecular weight excluding hydrogens is 531 g/mol. The molecule has 12 heteroatoms. The SMILES string of the molecule is C[C@H]1C[C@](F)(C(=O)N[C@@H]2C=CS(=O)(=O)C2)CCN1C(=O)[C@H]1CN(CC(C)(F)F)C[C@H]1c1ccccc1Cl. The van der Waals surface area contributed by atoms with E-state index in [1.807, 2.05) is 0 Å². The third kappa shape index (κ3) is 6.31. The average molecular weight is 562 g/mol. The van der Waals surface area contributed by atoms with E-state index in [0.29, 0.717) is 10.6 Å². The van der Waals surface area contributed by atoms with Gasteiger partial charge in [-0.1, -0.05) is 29.8 Å². The molecule has 3 aliphatic rings. The van der Waals surface area contributed by atoms with E-state index in [1.165, 1.54) is 11.0 Å². The summed E-state index contributed by atoms with van der Waals surface area (Å²) in [5, 5.41) is 3.90. The van der Waals surface area contributed by atoms with Crippen LogP contribution in [0.1, 0.15) is 38.2 Å². The van der Waals surface area contributed by atoms with E-state index in [2.05, 4.69) is 5.32 Å². The first-order valence-electron chi connectivity index (χ1n) is 12.2. The molecule has 0 aromatic heterocycles. The Balaban J connectivity index is 1.47. The van der Waals surface area contributed by atoms with Gasteiger partial charge in [-0.2, -0.15) is 0 Å². The van der Waals surface area contributed by atoms with Gasteiger partial charge in [0.1, 0.15) is 0 Å². The normalized spacial score (nSPS) is 32.0. The molecule has 7 nitrogen and oxygen atoms in total. The standard InChI is InChI=1S/C25H31ClF3N3O4S/c1-16-11-25(29,23(34)30-17-7-10-37(35,36)14-17)8-9-32(16)22(33)20-13-31(15-24(2,27)28)12-19(20)18-5-3-4-6-21(18)26/h3-7,10,16-17,19-20H,8-9,11-15H2,1-2H3,(H,30,34)/t16-,17+,19-,20-,25-/m0/s1. The molecule has 5 atom stereocenters. The summed E-state index contributed by atoms with van der Waals surface area (Å²) in [5.74, 6) is -5.49. The number of hydrogen-bond acceptors (Lipinski definition) is 5. The van der Waals surface area contributed by atoms with Crippen molar-refractivity contribution in [3.05, 3.63) is 46.3 Å². The molecule has 0 spiro atoms. The van der Waals surface area contributed by atoms with Crippen LogP contribution in [0.2, 0.25) is 5.02 Å². The summed E-state index contributed by atoms with van der Waals surface area (Å²) in [6.07, 6.45) is 0.811. The number of sulfone groups is 1. The van der Waals surface area contributed by atoms with Crippen molar-refractivity contribution in [3.63, 3.8) is 0 Å². The molecule has 2 amide bonds. The van der Waals surface area contributed by atoms with Crippen LogP contribution >= 0.6 is 11.6 Å². The Hall–Kier alpha value is -2.11. The molecular formula is C25H31ClF3N3O4S. The van der Waals surface area contributed by atoms with Crippen LogP contribution < -0.4 is 5.32 Å². The molecule has 2 saturated heterocycles. The van der Waals surface area contributed by atoms with Crippen LogP contribution in [0.15, 0.2) is 35.7 Å². The lowest BCUT2D eigenvalue weighted by Gasteiger charge is -2.42. The van der Waals surface area contributed by atoms with Gasteiger partial charge in [0.2, 0.25) is 5.91 Å². The molecule has 3 aliphatic heterocycles. The van der Waals surface area contributed by atoms with Crippen molar-refractivity contribution >= 4 is 33.3 Å². The highest BCUT2D eigenvalue weighted by Gasteiger charge is 2.49. The molecule has 37 heavy (non-hydrogen) atoms. The minimum atomic E-state index is -3.41. The summed E-state index contributed by atoms with van der Waals surface area (Å²) in [4.78, 5) is 29.5. The molecule has 1 aromatic carbocycles. The molecule has 0 unspecified atom stereocenters. The number of carbonyl (C=O) groups excluding carboxylic acids is 2. The van der Waals surface area contributed by atoms with E-state index in [1.54, 1.807) is 36.1 Å². The summed E-state index contributed by atoms with van der Waals surface area (Å²) in [7, 11) is -3.41. The number of nitrogens with zero attached hydrogens (tertiary/aromatic N) is 2. The van der Waals surface area contributed by atoms with Gasteiger partial charge in [-0.25, -0.2) is 21.6 Å². The maximum absolute atomic E-state index is 15.7. The van der Waals surface area contributed by atoms with Gasteiger partial charge in [-0.05, 0) is 24.6 Å². The first kappa shape index (κ1) is 27.9. The van der Waals surface area contributed by atoms with E-state index < -0.39 is 57.8 Å². The number of amides is 2. The summed E-state index contributed by atoms with van der Waals surface area (Å²) in [5.41, 5.74) is -1.56. The quantitative estimate of drug-likeness (QED) is 0.577. The van der Waals surface area contributed by atoms with Crippen LogP contribution in [0.3, 0.4) is 0 Å². The van der Waals surface area contributed by atoms with Gasteiger partial charge < -0.3 is 10.2 Å². The average Bonchev–Trinajstić information content (AvgIpc) is 3.34. The van der Waals surface area contributed by atoms with Gasteiger partial charge in [0.15, 0.2) is 15.5 Å². The van der Waals surface area contributed by atoms with Gasteiger partial charge in [-0.15, -0.1) is 0 Å². The number of benzene rings is 1. The zero-order chi connectivity index (χ0) is 27.2. The van der Waals surface area contributed by atoms with Crippen LogP contribution in [0, 0.1) is 5.92 Å². The Bertz CT molecular complexity index is 1190. The van der Waals surface area contributed by atoms with E-state index in [9.17, 15) is 26.8 Å². The predicted octanol–water partition coefficient (Wildman–Crippen LogP) is 3.16. The number of hydrogen-bond donors (Lipinski definition) is 1. The molecule has 0 aliphatic carbocycles. The van der Waals surface area contributed by atoms with Crippen molar-refractivity contribution in [3.8, 4) is 0 Å². The first-order valence-corrected chi connectivity index (χ1v) is 14.3. The van der Waals surface area contributed by atoms with Crippen molar-refractivity contribution in [1.29, 1.82) is 0 Å². The van der Waals surface area contributed by atoms with Crippen molar-refractivity contribution in [2.24, 2.45) is 5.92 Å². The van der Waals surface area contributed by atoms with E-state index in [0.717, 1.165) is 12.3 Å². The van der Waals surface area contributed by atoms with Crippen LogP contribution in [-0.4, -0.2) is 85.6 Å². The first-order chi connectivity index (χ1) is 17.2. The topological polar surface area (TPSA) is 86.8 Å². The number of alkyl halides is 3. The second kappa shape index (κ2) is 10.2. The van der Waals surface area contributed by atoms with Gasteiger partial charge in [-0.3, -0.25) is 14.5 Å². The number of carbonyl (C=O) groups is 2. The van der Waals surface area contributed by atoms with Crippen molar-refractivity contribution < 1.29 is 31.2 Å². The number of nitrogens with one attached hydrogen (secondary N) is 1. The molecule has 4 rings (SSSR count). The molecule has 0 radical (unpaired) electrons. The maximum atomic E-state index is 15.7. The fourth-order valence-electron chi connectivity index (χ4n) is 5.66. The van der Waals surface area contributed by atoms with Crippen LogP contribution in [0.5, 0.6) is 0 Å². The van der Waals surface area contributed by atoms with Crippen molar-refractivity contribution in [1.82, 2.24) is 15.1 Å². The Kier molecular flexibility index (Phi) is 7.71. The smallest absolute Gasteiger partial charge is 0.258 e. The number of rotatable bonds is 6. The highest BCUT2D eigenvalue weighted by molar-refractivity contribution is 7.94. The second-order valence-corrected chi connectivity index (χ2v) is 12.9. The highest BCUT2D eigenvalue weighted by atomic mass is 35.5. The van der Waals surface area contributed by atoms with Crippen LogP contribution in [-0.2, 0) is 19.4 Å². The van der Waals surface area contributed by atoms with Crippen LogP contribution in [0.4, 0.5) is 13.2 Å². The van der Waals surface area contributed by atoms with Gasteiger partial charge in [0, 0.05) is 61.8 Å². The van der Waals surface area contributed by atoms with E-state index in [-0.39, 0.29) is 44.1 Å². The van der Waals surface area contributed by atoms with Crippen LogP contribution in [0.25, 0.3) is 0 Å². The Morgan fingerprint density at radius 2 is 1.95 bits per heavy atom. The molecule has 0 bridgehead atoms. The van der Waals surface area contributed by atoms with Gasteiger partial charge in [0.25, 0.3) is 11.8 Å². The Morgan fingerprint density at radius 1 is 1.24 bits per heavy atom. The Labute approximate surface area is 219 Å². The summed E-state index contributed by atoms with van der Waals surface area (Å²) < 4.78 is 66.5. The lowest BCUT2D eigenvalue weighted by atomic mass is 9.84. The molecule has 1 N–H and O–H groups in total. The predicted molar refractivity (Wildman–Crippen MR) is 134 cm³/mol. The number of likely N-dealkylation sites (tertiary alicyclic amines) is 2. The second-order valence-electron chi connectivity index (χ2n) is 10.5. The monoisotopic (exact) mass is 561 g/mol. The van der Waals surface area contributed by atoms with Gasteiger partial charge >= 0.3 is 0 Å². The fourth-order valence-corrected chi connectivity index (χ4v) is 7.17. The molecule has 1 aromatic rings. The van der Waals surface area contributed by atoms with Crippen molar-refractivity contribution in [2.75, 3.05) is 31.9 Å². The number of piperidine rings is 1. The fraction of sp³-hybridized carbons (Fsp3) is 0.600. The van der Waals surface area contributed by atoms with E-state index in [4.69, 9.17) is 11.6 Å². The lowest BCUT2D eigenvalue weighted by molar-refractivity contribution is -0.148. The Morgan fingerprint density at radius 3 is 2.54 bits per heavy atom. The largest absolute Gasteiger partial charge is 0.346 e. The summed E-state index contributed by atoms with van der Waals surface area (Å²) >= 11 is 6.40. The van der Waals surface area contributed by atoms with E-state index >= 15 is 4.39 Å². The minimum absolute atomic E-state index is 0.0294. The minimum Gasteiger partial charge on any atom is -0.346 e. The zero-order valence-corrected chi connectivity index (χ0v) is 22.2.